The summed E-state index contributed by atoms with van der Waals surface area (Å²) in [6.07, 6.45) is 0. The lowest BCUT2D eigenvalue weighted by Gasteiger charge is -2.44. The Morgan fingerprint density at radius 2 is 1.70 bits per heavy atom. The summed E-state index contributed by atoms with van der Waals surface area (Å²) in [6.45, 7) is 6.25. The topological polar surface area (TPSA) is 46.3 Å². The highest BCUT2D eigenvalue weighted by atomic mass is 19.1. The lowest BCUT2D eigenvalue weighted by Crippen LogP contribution is -2.48. The highest BCUT2D eigenvalue weighted by molar-refractivity contribution is 5.98. The second kappa shape index (κ2) is 9.94. The lowest BCUT2D eigenvalue weighted by molar-refractivity contribution is 0.0742. The zero-order valence-corrected chi connectivity index (χ0v) is 19.1. The Labute approximate surface area is 194 Å². The first-order chi connectivity index (χ1) is 15.9. The molecule has 1 aliphatic heterocycles. The maximum absolute atomic E-state index is 15.1. The normalized spacial score (nSPS) is 21.2. The molecule has 1 heterocycles. The fourth-order valence-corrected chi connectivity index (χ4v) is 5.24. The number of carbonyl (C=O) groups excluding carboxylic acids is 1. The first-order valence-electron chi connectivity index (χ1n) is 11.4. The minimum atomic E-state index is -0.461. The van der Waals surface area contributed by atoms with Gasteiger partial charge in [0.2, 0.25) is 0 Å². The van der Waals surface area contributed by atoms with E-state index in [1.54, 1.807) is 18.2 Å². The average molecular weight is 449 g/mol. The number of carbonyl (C=O) groups is 1. The fourth-order valence-electron chi connectivity index (χ4n) is 5.24. The summed E-state index contributed by atoms with van der Waals surface area (Å²) in [5.41, 5.74) is 10.1. The lowest BCUT2D eigenvalue weighted by atomic mass is 9.67. The maximum atomic E-state index is 15.1. The summed E-state index contributed by atoms with van der Waals surface area (Å²) < 4.78 is 29.1. The van der Waals surface area contributed by atoms with Crippen LogP contribution in [0.4, 0.5) is 8.78 Å². The van der Waals surface area contributed by atoms with Crippen molar-refractivity contribution in [3.8, 4) is 0 Å². The van der Waals surface area contributed by atoms with Crippen LogP contribution in [0.1, 0.15) is 44.4 Å². The van der Waals surface area contributed by atoms with Gasteiger partial charge in [-0.25, -0.2) is 8.78 Å². The number of nitrogens with zero attached hydrogens (tertiary/aromatic N) is 1. The van der Waals surface area contributed by atoms with E-state index in [2.05, 4.69) is 11.8 Å². The Balaban J connectivity index is 1.89. The van der Waals surface area contributed by atoms with Crippen LogP contribution < -0.4 is 5.73 Å². The van der Waals surface area contributed by atoms with Gasteiger partial charge in [0.05, 0.1) is 0 Å². The third kappa shape index (κ3) is 4.75. The van der Waals surface area contributed by atoms with Gasteiger partial charge in [0.15, 0.2) is 5.78 Å². The zero-order valence-electron chi connectivity index (χ0n) is 19.1. The number of hydrogen-bond acceptors (Lipinski definition) is 3. The van der Waals surface area contributed by atoms with Gasteiger partial charge in [0.25, 0.3) is 0 Å². The summed E-state index contributed by atoms with van der Waals surface area (Å²) in [5, 5.41) is 0. The molecular formula is C28H30F2N2O. The van der Waals surface area contributed by atoms with Crippen LogP contribution in [0.15, 0.2) is 66.7 Å². The SMILES string of the molecule is Cc1cccc(C2C(C(=O)c3cccc(F)c3)CN(CCN)CC2c2ccccc2F)c1C. The van der Waals surface area contributed by atoms with Gasteiger partial charge in [-0.1, -0.05) is 48.5 Å². The van der Waals surface area contributed by atoms with Crippen molar-refractivity contribution in [3.63, 3.8) is 0 Å². The first kappa shape index (κ1) is 23.3. The number of halogens is 2. The molecule has 5 heteroatoms. The van der Waals surface area contributed by atoms with Crippen LogP contribution in [-0.4, -0.2) is 36.9 Å². The van der Waals surface area contributed by atoms with Crippen LogP contribution in [0.5, 0.6) is 0 Å². The molecule has 172 valence electrons. The first-order valence-corrected chi connectivity index (χ1v) is 11.4. The molecule has 0 amide bonds. The van der Waals surface area contributed by atoms with E-state index >= 15 is 4.39 Å². The quantitative estimate of drug-likeness (QED) is 0.526. The summed E-state index contributed by atoms with van der Waals surface area (Å²) >= 11 is 0. The molecule has 1 aliphatic rings. The summed E-state index contributed by atoms with van der Waals surface area (Å²) in [7, 11) is 0. The van der Waals surface area contributed by atoms with Crippen molar-refractivity contribution in [2.24, 2.45) is 11.7 Å². The third-order valence-corrected chi connectivity index (χ3v) is 6.98. The molecule has 1 fully saturated rings. The molecule has 3 aromatic rings. The monoisotopic (exact) mass is 448 g/mol. The van der Waals surface area contributed by atoms with Gasteiger partial charge in [0.1, 0.15) is 11.6 Å². The molecule has 3 nitrogen and oxygen atoms in total. The summed E-state index contributed by atoms with van der Waals surface area (Å²) in [6, 6.07) is 18.7. The Kier molecular flexibility index (Phi) is 7.01. The Morgan fingerprint density at radius 1 is 0.970 bits per heavy atom. The molecule has 0 radical (unpaired) electrons. The molecule has 33 heavy (non-hydrogen) atoms. The number of nitrogens with two attached hydrogens (primary N) is 1. The molecule has 0 aromatic heterocycles. The molecule has 0 bridgehead atoms. The van der Waals surface area contributed by atoms with Crippen molar-refractivity contribution in [1.29, 1.82) is 0 Å². The van der Waals surface area contributed by atoms with Crippen molar-refractivity contribution >= 4 is 5.78 Å². The second-order valence-electron chi connectivity index (χ2n) is 8.97. The molecule has 3 aromatic carbocycles. The van der Waals surface area contributed by atoms with Gasteiger partial charge in [0, 0.05) is 49.5 Å². The van der Waals surface area contributed by atoms with Crippen LogP contribution in [0, 0.1) is 31.4 Å². The van der Waals surface area contributed by atoms with E-state index in [-0.39, 0.29) is 23.4 Å². The zero-order chi connectivity index (χ0) is 23.5. The summed E-state index contributed by atoms with van der Waals surface area (Å²) in [4.78, 5) is 16.0. The number of benzene rings is 3. The van der Waals surface area contributed by atoms with Crippen molar-refractivity contribution < 1.29 is 13.6 Å². The number of Topliss-reactive ketones (excluding diaryl/α,β-unsaturated/α-hetero) is 1. The minimum Gasteiger partial charge on any atom is -0.329 e. The average Bonchev–Trinajstić information content (AvgIpc) is 2.81. The predicted octanol–water partition coefficient (Wildman–Crippen LogP) is 5.22. The molecule has 2 N–H and O–H groups in total. The van der Waals surface area contributed by atoms with Crippen LogP contribution >= 0.6 is 0 Å². The summed E-state index contributed by atoms with van der Waals surface area (Å²) in [5.74, 6) is -1.78. The van der Waals surface area contributed by atoms with E-state index in [4.69, 9.17) is 5.73 Å². The van der Waals surface area contributed by atoms with Gasteiger partial charge >= 0.3 is 0 Å². The predicted molar refractivity (Wildman–Crippen MR) is 128 cm³/mol. The van der Waals surface area contributed by atoms with Crippen LogP contribution in [0.3, 0.4) is 0 Å². The molecule has 4 rings (SSSR count). The third-order valence-electron chi connectivity index (χ3n) is 6.98. The van der Waals surface area contributed by atoms with Gasteiger partial charge in [-0.3, -0.25) is 4.79 Å². The second-order valence-corrected chi connectivity index (χ2v) is 8.97. The molecule has 0 spiro atoms. The number of likely N-dealkylation sites (tertiary alicyclic amines) is 1. The highest BCUT2D eigenvalue weighted by Gasteiger charge is 2.43. The van der Waals surface area contributed by atoms with Crippen LogP contribution in [0.25, 0.3) is 0 Å². The van der Waals surface area contributed by atoms with E-state index in [1.165, 1.54) is 18.2 Å². The molecule has 3 unspecified atom stereocenters. The van der Waals surface area contributed by atoms with E-state index < -0.39 is 11.7 Å². The van der Waals surface area contributed by atoms with E-state index in [0.717, 1.165) is 16.7 Å². The number of hydrogen-bond donors (Lipinski definition) is 1. The molecule has 1 saturated heterocycles. The smallest absolute Gasteiger partial charge is 0.167 e. The standard InChI is InChI=1S/C28H30F2N2O/c1-18-7-5-11-22(19(18)2)27-24(23-10-3-4-12-26(23)30)16-32(14-13-31)17-25(27)28(33)20-8-6-9-21(29)15-20/h3-12,15,24-25,27H,13-14,16-17,31H2,1-2H3. The van der Waals surface area contributed by atoms with Crippen LogP contribution in [0.2, 0.25) is 0 Å². The highest BCUT2D eigenvalue weighted by Crippen LogP contribution is 2.46. The molecular weight excluding hydrogens is 418 g/mol. The number of rotatable bonds is 6. The van der Waals surface area contributed by atoms with Crippen molar-refractivity contribution in [1.82, 2.24) is 4.90 Å². The van der Waals surface area contributed by atoms with E-state index in [1.807, 2.05) is 37.3 Å². The Hall–Kier alpha value is -2.89. The largest absolute Gasteiger partial charge is 0.329 e. The van der Waals surface area contributed by atoms with Gasteiger partial charge in [-0.2, -0.15) is 0 Å². The maximum Gasteiger partial charge on any atom is 0.167 e. The van der Waals surface area contributed by atoms with Crippen molar-refractivity contribution in [3.05, 3.63) is 106 Å². The Bertz CT molecular complexity index is 1150. The van der Waals surface area contributed by atoms with Crippen LogP contribution in [-0.2, 0) is 0 Å². The minimum absolute atomic E-state index is 0.122. The molecule has 0 aliphatic carbocycles. The van der Waals surface area contributed by atoms with Crippen molar-refractivity contribution in [2.45, 2.75) is 25.7 Å². The number of piperidine rings is 1. The van der Waals surface area contributed by atoms with Gasteiger partial charge in [-0.05, 0) is 54.3 Å². The molecule has 3 atom stereocenters. The number of ketones is 1. The molecule has 0 saturated carbocycles. The van der Waals surface area contributed by atoms with Gasteiger partial charge < -0.3 is 10.6 Å². The van der Waals surface area contributed by atoms with Gasteiger partial charge in [-0.15, -0.1) is 0 Å². The number of aryl methyl sites for hydroxylation is 1. The van der Waals surface area contributed by atoms with E-state index in [0.29, 0.717) is 37.3 Å². The Morgan fingerprint density at radius 3 is 2.42 bits per heavy atom. The van der Waals surface area contributed by atoms with Crippen molar-refractivity contribution in [2.75, 3.05) is 26.2 Å². The van der Waals surface area contributed by atoms with E-state index in [9.17, 15) is 9.18 Å². The fraction of sp³-hybridized carbons (Fsp3) is 0.321.